The van der Waals surface area contributed by atoms with Gasteiger partial charge in [-0.05, 0) is 61.1 Å². The van der Waals surface area contributed by atoms with Gasteiger partial charge in [0.15, 0.2) is 11.5 Å². The fraction of sp³-hybridized carbons (Fsp3) is 0.227. The normalized spacial score (nSPS) is 12.4. The lowest BCUT2D eigenvalue weighted by atomic mass is 10.2. The van der Waals surface area contributed by atoms with Crippen molar-refractivity contribution in [1.82, 2.24) is 10.2 Å². The molecule has 0 bridgehead atoms. The second kappa shape index (κ2) is 8.59. The number of hydrogen-bond donors (Lipinski definition) is 1. The monoisotopic (exact) mass is 412 g/mol. The van der Waals surface area contributed by atoms with Gasteiger partial charge in [0.25, 0.3) is 0 Å². The predicted molar refractivity (Wildman–Crippen MR) is 110 cm³/mol. The second-order valence-electron chi connectivity index (χ2n) is 6.91. The van der Waals surface area contributed by atoms with Crippen molar-refractivity contribution in [2.75, 3.05) is 20.4 Å². The van der Waals surface area contributed by atoms with E-state index in [1.54, 1.807) is 0 Å². The molecule has 1 aliphatic rings. The fourth-order valence-electron chi connectivity index (χ4n) is 3.11. The van der Waals surface area contributed by atoms with Gasteiger partial charge in [-0.1, -0.05) is 17.7 Å². The number of nitrogens with zero attached hydrogens (tertiary/aromatic N) is 1. The Morgan fingerprint density at radius 2 is 1.86 bits per heavy atom. The number of amides is 1. The third-order valence-corrected chi connectivity index (χ3v) is 4.81. The third kappa shape index (κ3) is 4.91. The lowest BCUT2D eigenvalue weighted by Gasteiger charge is -2.15. The predicted octanol–water partition coefficient (Wildman–Crippen LogP) is 4.08. The first-order chi connectivity index (χ1) is 14.1. The molecule has 2 aromatic carbocycles. The first kappa shape index (κ1) is 19.4. The topological polar surface area (TPSA) is 63.9 Å². The molecule has 0 saturated carbocycles. The highest BCUT2D eigenvalue weighted by atomic mass is 35.5. The van der Waals surface area contributed by atoms with E-state index in [1.807, 2.05) is 66.5 Å². The highest BCUT2D eigenvalue weighted by molar-refractivity contribution is 6.30. The number of carbonyl (C=O) groups excluding carboxylic acids is 1. The van der Waals surface area contributed by atoms with Gasteiger partial charge < -0.3 is 19.2 Å². The number of carbonyl (C=O) groups is 1. The number of fused-ring (bicyclic) bond motifs is 1. The van der Waals surface area contributed by atoms with Gasteiger partial charge in [0, 0.05) is 17.1 Å². The summed E-state index contributed by atoms with van der Waals surface area (Å²) in [7, 11) is 1.88. The van der Waals surface area contributed by atoms with Gasteiger partial charge in [-0.25, -0.2) is 0 Å². The average molecular weight is 413 g/mol. The van der Waals surface area contributed by atoms with Crippen LogP contribution in [0.3, 0.4) is 0 Å². The summed E-state index contributed by atoms with van der Waals surface area (Å²) in [5.41, 5.74) is 1.92. The molecule has 0 fully saturated rings. The van der Waals surface area contributed by atoms with Crippen molar-refractivity contribution < 1.29 is 18.7 Å². The largest absolute Gasteiger partial charge is 0.460 e. The Balaban J connectivity index is 1.26. The van der Waals surface area contributed by atoms with E-state index in [-0.39, 0.29) is 19.2 Å². The van der Waals surface area contributed by atoms with Gasteiger partial charge in [-0.3, -0.25) is 9.69 Å². The van der Waals surface area contributed by atoms with Crippen molar-refractivity contribution in [1.29, 1.82) is 0 Å². The SMILES string of the molecule is CN(CC(=O)NCc1ccc2c(c1)OCO2)Cc1ccc(-c2ccc(Cl)cc2)o1. The summed E-state index contributed by atoms with van der Waals surface area (Å²) >= 11 is 5.92. The summed E-state index contributed by atoms with van der Waals surface area (Å²) < 4.78 is 16.5. The van der Waals surface area contributed by atoms with E-state index in [0.29, 0.717) is 23.9 Å². The van der Waals surface area contributed by atoms with Crippen molar-refractivity contribution >= 4 is 17.5 Å². The summed E-state index contributed by atoms with van der Waals surface area (Å²) in [6.45, 7) is 1.47. The lowest BCUT2D eigenvalue weighted by Crippen LogP contribution is -2.34. The Kier molecular flexibility index (Phi) is 5.74. The van der Waals surface area contributed by atoms with Crippen LogP contribution in [0.25, 0.3) is 11.3 Å². The van der Waals surface area contributed by atoms with E-state index in [2.05, 4.69) is 5.32 Å². The van der Waals surface area contributed by atoms with E-state index < -0.39 is 0 Å². The summed E-state index contributed by atoms with van der Waals surface area (Å²) in [4.78, 5) is 14.2. The van der Waals surface area contributed by atoms with E-state index in [9.17, 15) is 4.79 Å². The Hall–Kier alpha value is -2.96. The molecular weight excluding hydrogens is 392 g/mol. The number of benzene rings is 2. The molecule has 1 aromatic heterocycles. The number of ether oxygens (including phenoxy) is 2. The fourth-order valence-corrected chi connectivity index (χ4v) is 3.23. The molecule has 7 heteroatoms. The second-order valence-corrected chi connectivity index (χ2v) is 7.35. The van der Waals surface area contributed by atoms with Crippen molar-refractivity contribution in [3.8, 4) is 22.8 Å². The molecule has 29 heavy (non-hydrogen) atoms. The van der Waals surface area contributed by atoms with Gasteiger partial charge in [-0.15, -0.1) is 0 Å². The van der Waals surface area contributed by atoms with E-state index in [1.165, 1.54) is 0 Å². The summed E-state index contributed by atoms with van der Waals surface area (Å²) in [5.74, 6) is 2.95. The molecule has 4 rings (SSSR count). The zero-order valence-electron chi connectivity index (χ0n) is 16.0. The number of rotatable bonds is 7. The molecule has 2 heterocycles. The molecule has 0 radical (unpaired) electrons. The molecule has 0 unspecified atom stereocenters. The van der Waals surface area contributed by atoms with Crippen LogP contribution < -0.4 is 14.8 Å². The molecule has 150 valence electrons. The smallest absolute Gasteiger partial charge is 0.234 e. The highest BCUT2D eigenvalue weighted by Gasteiger charge is 2.14. The Labute approximate surface area is 174 Å². The molecule has 0 spiro atoms. The maximum atomic E-state index is 12.3. The molecule has 6 nitrogen and oxygen atoms in total. The van der Waals surface area contributed by atoms with Crippen LogP contribution in [0.5, 0.6) is 11.5 Å². The Morgan fingerprint density at radius 3 is 2.69 bits per heavy atom. The number of hydrogen-bond acceptors (Lipinski definition) is 5. The minimum atomic E-state index is -0.0605. The van der Waals surface area contributed by atoms with Crippen LogP contribution in [0.15, 0.2) is 59.0 Å². The summed E-state index contributed by atoms with van der Waals surface area (Å²) in [6.07, 6.45) is 0. The first-order valence-electron chi connectivity index (χ1n) is 9.25. The van der Waals surface area contributed by atoms with Gasteiger partial charge in [0.05, 0.1) is 13.1 Å². The van der Waals surface area contributed by atoms with Crippen molar-refractivity contribution in [2.45, 2.75) is 13.1 Å². The van der Waals surface area contributed by atoms with Crippen LogP contribution in [-0.4, -0.2) is 31.2 Å². The Bertz CT molecular complexity index is 1000. The minimum absolute atomic E-state index is 0.0605. The zero-order chi connectivity index (χ0) is 20.2. The standard InChI is InChI=1S/C22H21ClN2O4/c1-25(12-18-7-9-19(29-18)16-3-5-17(23)6-4-16)13-22(26)24-11-15-2-8-20-21(10-15)28-14-27-20/h2-10H,11-14H2,1H3,(H,24,26). The maximum absolute atomic E-state index is 12.3. The number of likely N-dealkylation sites (N-methyl/N-ethyl adjacent to an activating group) is 1. The van der Waals surface area contributed by atoms with Crippen molar-refractivity contribution in [3.63, 3.8) is 0 Å². The van der Waals surface area contributed by atoms with Gasteiger partial charge >= 0.3 is 0 Å². The van der Waals surface area contributed by atoms with Gasteiger partial charge in [0.2, 0.25) is 12.7 Å². The van der Waals surface area contributed by atoms with Crippen LogP contribution in [0.4, 0.5) is 0 Å². The summed E-state index contributed by atoms with van der Waals surface area (Å²) in [6, 6.07) is 17.0. The maximum Gasteiger partial charge on any atom is 0.234 e. The lowest BCUT2D eigenvalue weighted by molar-refractivity contribution is -0.122. The van der Waals surface area contributed by atoms with Crippen LogP contribution in [0, 0.1) is 0 Å². The third-order valence-electron chi connectivity index (χ3n) is 4.56. The zero-order valence-corrected chi connectivity index (χ0v) is 16.7. The number of furan rings is 1. The highest BCUT2D eigenvalue weighted by Crippen LogP contribution is 2.32. The molecule has 1 aliphatic heterocycles. The van der Waals surface area contributed by atoms with E-state index >= 15 is 0 Å². The number of halogens is 1. The van der Waals surface area contributed by atoms with Crippen LogP contribution in [0.1, 0.15) is 11.3 Å². The average Bonchev–Trinajstić information content (AvgIpc) is 3.36. The first-order valence-corrected chi connectivity index (χ1v) is 9.63. The van der Waals surface area contributed by atoms with Gasteiger partial charge in [-0.2, -0.15) is 0 Å². The van der Waals surface area contributed by atoms with Gasteiger partial charge in [0.1, 0.15) is 11.5 Å². The van der Waals surface area contributed by atoms with Crippen LogP contribution in [0.2, 0.25) is 5.02 Å². The molecular formula is C22H21ClN2O4. The molecule has 1 N–H and O–H groups in total. The molecule has 1 amide bonds. The van der Waals surface area contributed by atoms with Crippen molar-refractivity contribution in [2.24, 2.45) is 0 Å². The minimum Gasteiger partial charge on any atom is -0.460 e. The molecule has 0 atom stereocenters. The Morgan fingerprint density at radius 1 is 1.07 bits per heavy atom. The van der Waals surface area contributed by atoms with E-state index in [0.717, 1.165) is 28.4 Å². The number of nitrogens with one attached hydrogen (secondary N) is 1. The summed E-state index contributed by atoms with van der Waals surface area (Å²) in [5, 5.41) is 3.61. The quantitative estimate of drug-likeness (QED) is 0.633. The van der Waals surface area contributed by atoms with Crippen LogP contribution in [-0.2, 0) is 17.9 Å². The molecule has 0 aliphatic carbocycles. The molecule has 0 saturated heterocycles. The van der Waals surface area contributed by atoms with Crippen molar-refractivity contribution in [3.05, 3.63) is 70.9 Å². The van der Waals surface area contributed by atoms with E-state index in [4.69, 9.17) is 25.5 Å². The van der Waals surface area contributed by atoms with Crippen LogP contribution >= 0.6 is 11.6 Å². The molecule has 3 aromatic rings.